The minimum absolute atomic E-state index is 0.138. The van der Waals surface area contributed by atoms with Gasteiger partial charge in [0.05, 0.1) is 4.90 Å². The van der Waals surface area contributed by atoms with Gasteiger partial charge in [-0.25, -0.2) is 8.42 Å². The molecule has 0 saturated carbocycles. The molecule has 1 aliphatic carbocycles. The van der Waals surface area contributed by atoms with E-state index < -0.39 is 22.1 Å². The molecule has 2 aromatic rings. The number of hydrogen-bond acceptors (Lipinski definition) is 3. The highest BCUT2D eigenvalue weighted by Gasteiger charge is 2.31. The topological polar surface area (TPSA) is 55.4 Å². The lowest BCUT2D eigenvalue weighted by molar-refractivity contribution is -0.274. The van der Waals surface area contributed by atoms with Crippen molar-refractivity contribution in [2.75, 3.05) is 4.72 Å². The van der Waals surface area contributed by atoms with Crippen molar-refractivity contribution in [1.82, 2.24) is 0 Å². The van der Waals surface area contributed by atoms with Crippen molar-refractivity contribution in [3.63, 3.8) is 0 Å². The number of benzene rings is 2. The molecule has 24 heavy (non-hydrogen) atoms. The predicted octanol–water partition coefficient (Wildman–Crippen LogP) is 3.87. The van der Waals surface area contributed by atoms with E-state index in [0.717, 1.165) is 42.5 Å². The largest absolute Gasteiger partial charge is 0.573 e. The molecule has 1 aliphatic rings. The van der Waals surface area contributed by atoms with Crippen LogP contribution in [0.2, 0.25) is 0 Å². The number of rotatable bonds is 4. The van der Waals surface area contributed by atoms with Crippen LogP contribution in [0.5, 0.6) is 5.75 Å². The van der Waals surface area contributed by atoms with E-state index in [-0.39, 0.29) is 10.6 Å². The lowest BCUT2D eigenvalue weighted by Gasteiger charge is -2.11. The third-order valence-corrected chi connectivity index (χ3v) is 5.10. The number of halogens is 3. The molecule has 0 fully saturated rings. The molecule has 0 bridgehead atoms. The molecule has 4 nitrogen and oxygen atoms in total. The number of hydrogen-bond donors (Lipinski definition) is 1. The van der Waals surface area contributed by atoms with E-state index in [2.05, 4.69) is 9.46 Å². The van der Waals surface area contributed by atoms with Crippen LogP contribution in [0.1, 0.15) is 17.5 Å². The zero-order chi connectivity index (χ0) is 17.4. The Hall–Kier alpha value is -2.22. The Kier molecular flexibility index (Phi) is 4.16. The molecule has 0 aliphatic heterocycles. The van der Waals surface area contributed by atoms with Gasteiger partial charge in [-0.05, 0) is 66.8 Å². The molecule has 2 aromatic carbocycles. The molecule has 0 amide bonds. The van der Waals surface area contributed by atoms with Crippen molar-refractivity contribution in [3.05, 3.63) is 53.6 Å². The highest BCUT2D eigenvalue weighted by atomic mass is 32.2. The first-order valence-electron chi connectivity index (χ1n) is 7.23. The third-order valence-electron chi connectivity index (χ3n) is 3.72. The second-order valence-electron chi connectivity index (χ2n) is 5.46. The summed E-state index contributed by atoms with van der Waals surface area (Å²) in [6.07, 6.45) is -1.98. The van der Waals surface area contributed by atoms with Gasteiger partial charge in [-0.1, -0.05) is 6.07 Å². The van der Waals surface area contributed by atoms with Crippen molar-refractivity contribution in [2.45, 2.75) is 30.5 Å². The van der Waals surface area contributed by atoms with Crippen LogP contribution in [-0.4, -0.2) is 14.8 Å². The minimum atomic E-state index is -4.79. The standard InChI is InChI=1S/C16H14F3NO3S/c17-16(18,19)23-14-7-5-13(6-8-14)20-24(21,22)15-9-4-11-2-1-3-12(11)10-15/h4-10,20H,1-3H2. The molecule has 0 heterocycles. The number of nitrogens with one attached hydrogen (secondary N) is 1. The summed E-state index contributed by atoms with van der Waals surface area (Å²) in [7, 11) is -3.80. The fourth-order valence-corrected chi connectivity index (χ4v) is 3.76. The number of anilines is 1. The van der Waals surface area contributed by atoms with Gasteiger partial charge in [0, 0.05) is 5.69 Å². The first-order valence-corrected chi connectivity index (χ1v) is 8.72. The molecule has 0 spiro atoms. The van der Waals surface area contributed by atoms with Gasteiger partial charge in [-0.3, -0.25) is 4.72 Å². The maximum Gasteiger partial charge on any atom is 0.573 e. The van der Waals surface area contributed by atoms with Crippen molar-refractivity contribution < 1.29 is 26.3 Å². The molecular formula is C16H14F3NO3S. The number of alkyl halides is 3. The van der Waals surface area contributed by atoms with Crippen LogP contribution in [-0.2, 0) is 22.9 Å². The molecule has 3 rings (SSSR count). The van der Waals surface area contributed by atoms with Gasteiger partial charge < -0.3 is 4.74 Å². The smallest absolute Gasteiger partial charge is 0.406 e. The predicted molar refractivity (Wildman–Crippen MR) is 82.4 cm³/mol. The Morgan fingerprint density at radius 2 is 1.62 bits per heavy atom. The van der Waals surface area contributed by atoms with Gasteiger partial charge in [0.25, 0.3) is 10.0 Å². The molecule has 1 N–H and O–H groups in total. The summed E-state index contributed by atoms with van der Waals surface area (Å²) in [6.45, 7) is 0. The first-order chi connectivity index (χ1) is 11.2. The zero-order valence-electron chi connectivity index (χ0n) is 12.4. The third kappa shape index (κ3) is 3.81. The summed E-state index contributed by atoms with van der Waals surface area (Å²) in [6, 6.07) is 9.51. The second kappa shape index (κ2) is 6.01. The monoisotopic (exact) mass is 357 g/mol. The molecule has 0 unspecified atom stereocenters. The van der Waals surface area contributed by atoms with Crippen LogP contribution in [0.4, 0.5) is 18.9 Å². The zero-order valence-corrected chi connectivity index (χ0v) is 13.2. The Morgan fingerprint density at radius 1 is 0.958 bits per heavy atom. The van der Waals surface area contributed by atoms with E-state index in [1.54, 1.807) is 12.1 Å². The van der Waals surface area contributed by atoms with Crippen LogP contribution in [0.25, 0.3) is 0 Å². The Balaban J connectivity index is 1.77. The Morgan fingerprint density at radius 3 is 2.29 bits per heavy atom. The van der Waals surface area contributed by atoms with E-state index in [1.807, 2.05) is 0 Å². The fourth-order valence-electron chi connectivity index (χ4n) is 2.65. The average molecular weight is 357 g/mol. The van der Waals surface area contributed by atoms with Crippen LogP contribution in [0.3, 0.4) is 0 Å². The van der Waals surface area contributed by atoms with Crippen LogP contribution < -0.4 is 9.46 Å². The van der Waals surface area contributed by atoms with Crippen LogP contribution in [0.15, 0.2) is 47.4 Å². The first kappa shape index (κ1) is 16.6. The van der Waals surface area contributed by atoms with Gasteiger partial charge in [0.2, 0.25) is 0 Å². The van der Waals surface area contributed by atoms with Gasteiger partial charge in [0.1, 0.15) is 5.75 Å². The molecule has 0 radical (unpaired) electrons. The minimum Gasteiger partial charge on any atom is -0.406 e. The highest BCUT2D eigenvalue weighted by Crippen LogP contribution is 2.27. The van der Waals surface area contributed by atoms with E-state index in [4.69, 9.17) is 0 Å². The van der Waals surface area contributed by atoms with E-state index in [0.29, 0.717) is 0 Å². The number of aryl methyl sites for hydroxylation is 2. The normalized spacial score (nSPS) is 14.3. The summed E-state index contributed by atoms with van der Waals surface area (Å²) in [5.41, 5.74) is 2.33. The summed E-state index contributed by atoms with van der Waals surface area (Å²) < 4.78 is 67.2. The van der Waals surface area contributed by atoms with E-state index in [1.165, 1.54) is 18.2 Å². The van der Waals surface area contributed by atoms with Gasteiger partial charge in [-0.15, -0.1) is 13.2 Å². The molecule has 128 valence electrons. The van der Waals surface area contributed by atoms with E-state index >= 15 is 0 Å². The number of ether oxygens (including phenoxy) is 1. The summed E-state index contributed by atoms with van der Waals surface area (Å²) in [5, 5.41) is 0. The lowest BCUT2D eigenvalue weighted by Crippen LogP contribution is -2.17. The Bertz CT molecular complexity index is 846. The number of fused-ring (bicyclic) bond motifs is 1. The molecule has 0 saturated heterocycles. The van der Waals surface area contributed by atoms with Crippen LogP contribution in [0, 0.1) is 0 Å². The van der Waals surface area contributed by atoms with Gasteiger partial charge in [-0.2, -0.15) is 0 Å². The molecule has 0 atom stereocenters. The highest BCUT2D eigenvalue weighted by molar-refractivity contribution is 7.92. The lowest BCUT2D eigenvalue weighted by atomic mass is 10.1. The van der Waals surface area contributed by atoms with Crippen molar-refractivity contribution in [1.29, 1.82) is 0 Å². The van der Waals surface area contributed by atoms with Gasteiger partial charge >= 0.3 is 6.36 Å². The Labute approximate surface area is 137 Å². The molecule has 8 heteroatoms. The maximum absolute atomic E-state index is 12.4. The van der Waals surface area contributed by atoms with Crippen molar-refractivity contribution in [3.8, 4) is 5.75 Å². The SMILES string of the molecule is O=S(=O)(Nc1ccc(OC(F)(F)F)cc1)c1ccc2c(c1)CCC2. The molecular weight excluding hydrogens is 343 g/mol. The molecule has 0 aromatic heterocycles. The van der Waals surface area contributed by atoms with E-state index in [9.17, 15) is 21.6 Å². The van der Waals surface area contributed by atoms with Crippen molar-refractivity contribution >= 4 is 15.7 Å². The summed E-state index contributed by atoms with van der Waals surface area (Å²) in [4.78, 5) is 0.138. The number of sulfonamides is 1. The van der Waals surface area contributed by atoms with Crippen LogP contribution >= 0.6 is 0 Å². The fraction of sp³-hybridized carbons (Fsp3) is 0.250. The quantitative estimate of drug-likeness (QED) is 0.904. The average Bonchev–Trinajstić information content (AvgIpc) is 2.95. The van der Waals surface area contributed by atoms with Crippen molar-refractivity contribution in [2.24, 2.45) is 0 Å². The summed E-state index contributed by atoms with van der Waals surface area (Å²) in [5.74, 6) is -0.414. The second-order valence-corrected chi connectivity index (χ2v) is 7.14. The summed E-state index contributed by atoms with van der Waals surface area (Å²) >= 11 is 0. The van der Waals surface area contributed by atoms with Gasteiger partial charge in [0.15, 0.2) is 0 Å². The maximum atomic E-state index is 12.4.